The summed E-state index contributed by atoms with van der Waals surface area (Å²) < 4.78 is 5.74. The summed E-state index contributed by atoms with van der Waals surface area (Å²) >= 11 is 0. The van der Waals surface area contributed by atoms with Crippen molar-refractivity contribution < 1.29 is 14.3 Å². The molecule has 31 heavy (non-hydrogen) atoms. The van der Waals surface area contributed by atoms with Crippen molar-refractivity contribution in [3.05, 3.63) is 120 Å². The Morgan fingerprint density at radius 3 is 1.42 bits per heavy atom. The Morgan fingerprint density at radius 1 is 0.484 bits per heavy atom. The third-order valence-electron chi connectivity index (χ3n) is 4.53. The van der Waals surface area contributed by atoms with Gasteiger partial charge in [0, 0.05) is 22.5 Å². The first-order chi connectivity index (χ1) is 15.2. The molecule has 0 atom stereocenters. The fraction of sp³-hybridized carbons (Fsp3) is 0. The number of carbonyl (C=O) groups is 2. The molecule has 5 nitrogen and oxygen atoms in total. The van der Waals surface area contributed by atoms with Crippen LogP contribution in [0, 0.1) is 0 Å². The predicted octanol–water partition coefficient (Wildman–Crippen LogP) is 5.98. The zero-order chi connectivity index (χ0) is 21.5. The van der Waals surface area contributed by atoms with Crippen LogP contribution in [-0.4, -0.2) is 11.8 Å². The predicted molar refractivity (Wildman–Crippen MR) is 122 cm³/mol. The topological polar surface area (TPSA) is 67.4 Å². The highest BCUT2D eigenvalue weighted by Crippen LogP contribution is 2.22. The molecule has 0 spiro atoms. The van der Waals surface area contributed by atoms with Gasteiger partial charge in [-0.1, -0.05) is 36.4 Å². The Hall–Kier alpha value is -4.38. The Balaban J connectivity index is 1.34. The number of amides is 2. The molecule has 2 N–H and O–H groups in total. The molecule has 0 radical (unpaired) electrons. The maximum atomic E-state index is 12.5. The molecule has 152 valence electrons. The largest absolute Gasteiger partial charge is 0.457 e. The number of rotatable bonds is 6. The van der Waals surface area contributed by atoms with E-state index in [0.29, 0.717) is 28.3 Å². The molecule has 0 aliphatic heterocycles. The highest BCUT2D eigenvalue weighted by atomic mass is 16.5. The minimum absolute atomic E-state index is 0.185. The maximum Gasteiger partial charge on any atom is 0.255 e. The van der Waals surface area contributed by atoms with E-state index in [1.54, 1.807) is 60.7 Å². The lowest BCUT2D eigenvalue weighted by atomic mass is 10.2. The van der Waals surface area contributed by atoms with E-state index in [1.165, 1.54) is 0 Å². The summed E-state index contributed by atoms with van der Waals surface area (Å²) in [4.78, 5) is 24.7. The summed E-state index contributed by atoms with van der Waals surface area (Å²) in [7, 11) is 0. The number of para-hydroxylation sites is 1. The molecule has 4 aromatic rings. The molecular formula is C26H20N2O3. The van der Waals surface area contributed by atoms with Crippen molar-refractivity contribution in [2.45, 2.75) is 0 Å². The highest BCUT2D eigenvalue weighted by Gasteiger charge is 2.08. The standard InChI is InChI=1S/C26H20N2O3/c29-25(19-7-3-1-4-8-19)27-21-13-15-22(16-14-21)28-26(30)20-11-17-24(18-12-20)31-23-9-5-2-6-10-23/h1-18H,(H,27,29)(H,28,30). The number of carbonyl (C=O) groups excluding carboxylic acids is 2. The second-order valence-electron chi connectivity index (χ2n) is 6.79. The first-order valence-electron chi connectivity index (χ1n) is 9.78. The van der Waals surface area contributed by atoms with Crippen LogP contribution in [0.2, 0.25) is 0 Å². The van der Waals surface area contributed by atoms with Gasteiger partial charge in [0.25, 0.3) is 11.8 Å². The van der Waals surface area contributed by atoms with Crippen molar-refractivity contribution in [1.82, 2.24) is 0 Å². The first kappa shape index (κ1) is 19.9. The summed E-state index contributed by atoms with van der Waals surface area (Å²) in [5.74, 6) is 0.975. The molecule has 0 saturated carbocycles. The van der Waals surface area contributed by atoms with Crippen molar-refractivity contribution in [3.8, 4) is 11.5 Å². The third kappa shape index (κ3) is 5.36. The number of nitrogens with one attached hydrogen (secondary N) is 2. The number of hydrogen-bond acceptors (Lipinski definition) is 3. The average Bonchev–Trinajstić information content (AvgIpc) is 2.82. The fourth-order valence-corrected chi connectivity index (χ4v) is 2.93. The second-order valence-corrected chi connectivity index (χ2v) is 6.79. The van der Waals surface area contributed by atoms with E-state index in [0.717, 1.165) is 5.75 Å². The number of ether oxygens (including phenoxy) is 1. The zero-order valence-electron chi connectivity index (χ0n) is 16.6. The summed E-state index contributed by atoms with van der Waals surface area (Å²) in [6, 6.07) is 32.3. The SMILES string of the molecule is O=C(Nc1ccc(NC(=O)c2ccc(Oc3ccccc3)cc2)cc1)c1ccccc1. The van der Waals surface area contributed by atoms with Gasteiger partial charge in [0.05, 0.1) is 0 Å². The molecule has 0 heterocycles. The van der Waals surface area contributed by atoms with Gasteiger partial charge in [0.2, 0.25) is 0 Å². The molecule has 0 aliphatic carbocycles. The molecular weight excluding hydrogens is 388 g/mol. The lowest BCUT2D eigenvalue weighted by Gasteiger charge is -2.09. The van der Waals surface area contributed by atoms with Gasteiger partial charge in [-0.2, -0.15) is 0 Å². The normalized spacial score (nSPS) is 10.2. The highest BCUT2D eigenvalue weighted by molar-refractivity contribution is 6.05. The minimum Gasteiger partial charge on any atom is -0.457 e. The maximum absolute atomic E-state index is 12.5. The van der Waals surface area contributed by atoms with E-state index in [1.807, 2.05) is 48.5 Å². The van der Waals surface area contributed by atoms with Crippen LogP contribution in [0.1, 0.15) is 20.7 Å². The number of benzene rings is 4. The van der Waals surface area contributed by atoms with Gasteiger partial charge >= 0.3 is 0 Å². The van der Waals surface area contributed by atoms with Gasteiger partial charge < -0.3 is 15.4 Å². The van der Waals surface area contributed by atoms with Crippen molar-refractivity contribution in [1.29, 1.82) is 0 Å². The van der Waals surface area contributed by atoms with E-state index in [4.69, 9.17) is 4.74 Å². The van der Waals surface area contributed by atoms with E-state index < -0.39 is 0 Å². The molecule has 5 heteroatoms. The van der Waals surface area contributed by atoms with Crippen molar-refractivity contribution in [2.75, 3.05) is 10.6 Å². The summed E-state index contributed by atoms with van der Waals surface area (Å²) in [5.41, 5.74) is 2.38. The molecule has 4 aromatic carbocycles. The van der Waals surface area contributed by atoms with Gasteiger partial charge in [0.15, 0.2) is 0 Å². The van der Waals surface area contributed by atoms with Crippen LogP contribution in [0.5, 0.6) is 11.5 Å². The van der Waals surface area contributed by atoms with Crippen molar-refractivity contribution in [3.63, 3.8) is 0 Å². The van der Waals surface area contributed by atoms with Gasteiger partial charge in [-0.25, -0.2) is 0 Å². The third-order valence-corrected chi connectivity index (χ3v) is 4.53. The molecule has 0 fully saturated rings. The van der Waals surface area contributed by atoms with Gasteiger partial charge in [-0.05, 0) is 72.8 Å². The van der Waals surface area contributed by atoms with Crippen LogP contribution in [0.15, 0.2) is 109 Å². The molecule has 0 unspecified atom stereocenters. The smallest absolute Gasteiger partial charge is 0.255 e. The summed E-state index contributed by atoms with van der Waals surface area (Å²) in [5, 5.41) is 5.68. The Bertz CT molecular complexity index is 1160. The minimum atomic E-state index is -0.229. The molecule has 0 saturated heterocycles. The monoisotopic (exact) mass is 408 g/mol. The van der Waals surface area contributed by atoms with Crippen LogP contribution < -0.4 is 15.4 Å². The second kappa shape index (κ2) is 9.41. The number of anilines is 2. The first-order valence-corrected chi connectivity index (χ1v) is 9.78. The summed E-state index contributed by atoms with van der Waals surface area (Å²) in [6.07, 6.45) is 0. The molecule has 0 aromatic heterocycles. The molecule has 4 rings (SSSR count). The van der Waals surface area contributed by atoms with Gasteiger partial charge in [-0.3, -0.25) is 9.59 Å². The van der Waals surface area contributed by atoms with E-state index >= 15 is 0 Å². The number of hydrogen-bond donors (Lipinski definition) is 2. The van der Waals surface area contributed by atoms with Crippen LogP contribution >= 0.6 is 0 Å². The Morgan fingerprint density at radius 2 is 0.903 bits per heavy atom. The fourth-order valence-electron chi connectivity index (χ4n) is 2.93. The lowest BCUT2D eigenvalue weighted by Crippen LogP contribution is -2.13. The van der Waals surface area contributed by atoms with Gasteiger partial charge in [0.1, 0.15) is 11.5 Å². The van der Waals surface area contributed by atoms with Crippen LogP contribution in [0.25, 0.3) is 0 Å². The lowest BCUT2D eigenvalue weighted by molar-refractivity contribution is 0.101. The molecule has 0 bridgehead atoms. The summed E-state index contributed by atoms with van der Waals surface area (Å²) in [6.45, 7) is 0. The zero-order valence-corrected chi connectivity index (χ0v) is 16.6. The van der Waals surface area contributed by atoms with Crippen LogP contribution in [-0.2, 0) is 0 Å². The van der Waals surface area contributed by atoms with Crippen molar-refractivity contribution >= 4 is 23.2 Å². The average molecular weight is 408 g/mol. The quantitative estimate of drug-likeness (QED) is 0.412. The Labute approximate surface area is 180 Å². The molecule has 2 amide bonds. The Kier molecular flexibility index (Phi) is 6.05. The van der Waals surface area contributed by atoms with E-state index in [9.17, 15) is 9.59 Å². The van der Waals surface area contributed by atoms with Crippen LogP contribution in [0.3, 0.4) is 0 Å². The molecule has 0 aliphatic rings. The van der Waals surface area contributed by atoms with Crippen LogP contribution in [0.4, 0.5) is 11.4 Å². The van der Waals surface area contributed by atoms with Crippen molar-refractivity contribution in [2.24, 2.45) is 0 Å². The van der Waals surface area contributed by atoms with Gasteiger partial charge in [-0.15, -0.1) is 0 Å². The van der Waals surface area contributed by atoms with E-state index in [2.05, 4.69) is 10.6 Å². The van der Waals surface area contributed by atoms with E-state index in [-0.39, 0.29) is 11.8 Å².